The second-order valence-electron chi connectivity index (χ2n) is 7.36. The lowest BCUT2D eigenvalue weighted by Crippen LogP contribution is -1.98. The first-order chi connectivity index (χ1) is 14.4. The van der Waals surface area contributed by atoms with Gasteiger partial charge in [0.05, 0.1) is 16.6 Å². The molecule has 0 saturated carbocycles. The topological polar surface area (TPSA) is 22.2 Å². The molecule has 5 aromatic heterocycles. The van der Waals surface area contributed by atoms with Crippen LogP contribution >= 0.6 is 11.3 Å². The van der Waals surface area contributed by atoms with E-state index < -0.39 is 0 Å². The number of hydrogen-bond donors (Lipinski definition) is 0. The van der Waals surface area contributed by atoms with Crippen LogP contribution in [0, 0.1) is 0 Å². The van der Waals surface area contributed by atoms with E-state index in [1.54, 1.807) is 0 Å². The molecule has 0 aliphatic carbocycles. The van der Waals surface area contributed by atoms with Crippen molar-refractivity contribution in [3.05, 3.63) is 91.3 Å². The van der Waals surface area contributed by atoms with Gasteiger partial charge in [0.15, 0.2) is 0 Å². The number of thiophene rings is 1. The summed E-state index contributed by atoms with van der Waals surface area (Å²) in [5.41, 5.74) is 4.56. The van der Waals surface area contributed by atoms with E-state index in [9.17, 15) is 0 Å². The van der Waals surface area contributed by atoms with Gasteiger partial charge < -0.3 is 4.40 Å². The van der Waals surface area contributed by atoms with Crippen LogP contribution in [0.25, 0.3) is 53.4 Å². The van der Waals surface area contributed by atoms with Gasteiger partial charge in [-0.25, -0.2) is 0 Å². The van der Waals surface area contributed by atoms with Crippen molar-refractivity contribution >= 4 is 59.0 Å². The van der Waals surface area contributed by atoms with Crippen LogP contribution in [0.15, 0.2) is 91.3 Å². The van der Waals surface area contributed by atoms with Gasteiger partial charge in [-0.2, -0.15) is 0 Å². The Morgan fingerprint density at radius 1 is 0.690 bits per heavy atom. The molecule has 0 amide bonds. The first-order valence-electron chi connectivity index (χ1n) is 9.65. The highest BCUT2D eigenvalue weighted by atomic mass is 32.1. The molecule has 0 N–H and O–H groups in total. The van der Waals surface area contributed by atoms with Crippen LogP contribution in [0.2, 0.25) is 0 Å². The molecule has 0 unspecified atom stereocenters. The molecule has 4 heteroatoms. The molecule has 136 valence electrons. The number of fused-ring (bicyclic) bond motifs is 7. The Balaban J connectivity index is 1.70. The molecule has 0 saturated heterocycles. The number of rotatable bonds is 1. The lowest BCUT2D eigenvalue weighted by molar-refractivity contribution is 1.04. The summed E-state index contributed by atoms with van der Waals surface area (Å²) in [6.07, 6.45) is 4.01. The molecule has 3 nitrogen and oxygen atoms in total. The molecule has 5 heterocycles. The molecule has 0 radical (unpaired) electrons. The van der Waals surface area contributed by atoms with Gasteiger partial charge in [-0.05, 0) is 54.6 Å². The van der Waals surface area contributed by atoms with Crippen molar-refractivity contribution in [3.8, 4) is 5.82 Å². The van der Waals surface area contributed by atoms with Crippen molar-refractivity contribution in [2.24, 2.45) is 0 Å². The normalized spacial score (nSPS) is 12.1. The highest BCUT2D eigenvalue weighted by Crippen LogP contribution is 2.40. The van der Waals surface area contributed by atoms with Crippen molar-refractivity contribution in [2.45, 2.75) is 0 Å². The van der Waals surface area contributed by atoms with E-state index in [1.807, 2.05) is 23.6 Å². The van der Waals surface area contributed by atoms with Crippen LogP contribution < -0.4 is 0 Å². The zero-order chi connectivity index (χ0) is 18.9. The SMILES string of the molecule is c1ccc2c(c1)sc1cc3c(cc12)c1ncccc1n3-c1ccc2ccccn12. The first-order valence-corrected chi connectivity index (χ1v) is 10.5. The second kappa shape index (κ2) is 5.46. The van der Waals surface area contributed by atoms with Gasteiger partial charge in [0.2, 0.25) is 0 Å². The van der Waals surface area contributed by atoms with Crippen molar-refractivity contribution in [3.63, 3.8) is 0 Å². The lowest BCUT2D eigenvalue weighted by Gasteiger charge is -2.08. The summed E-state index contributed by atoms with van der Waals surface area (Å²) >= 11 is 1.86. The van der Waals surface area contributed by atoms with Crippen LogP contribution in [0.1, 0.15) is 0 Å². The fraction of sp³-hybridized carbons (Fsp3) is 0. The van der Waals surface area contributed by atoms with Crippen molar-refractivity contribution < 1.29 is 0 Å². The predicted octanol–water partition coefficient (Wildman–Crippen LogP) is 6.80. The van der Waals surface area contributed by atoms with Gasteiger partial charge in [-0.15, -0.1) is 11.3 Å². The number of benzene rings is 2. The van der Waals surface area contributed by atoms with Crippen molar-refractivity contribution in [2.75, 3.05) is 0 Å². The second-order valence-corrected chi connectivity index (χ2v) is 8.44. The summed E-state index contributed by atoms with van der Waals surface area (Å²) in [7, 11) is 0. The van der Waals surface area contributed by atoms with Gasteiger partial charge in [0.1, 0.15) is 5.82 Å². The Morgan fingerprint density at radius 3 is 2.62 bits per heavy atom. The van der Waals surface area contributed by atoms with E-state index in [2.05, 4.69) is 88.0 Å². The summed E-state index contributed by atoms with van der Waals surface area (Å²) in [6.45, 7) is 0. The Hall–Kier alpha value is -3.63. The maximum absolute atomic E-state index is 4.76. The largest absolute Gasteiger partial charge is 0.303 e. The third-order valence-corrected chi connectivity index (χ3v) is 6.92. The molecule has 7 rings (SSSR count). The van der Waals surface area contributed by atoms with Gasteiger partial charge in [0, 0.05) is 43.5 Å². The van der Waals surface area contributed by atoms with E-state index in [0.29, 0.717) is 0 Å². The number of hydrogen-bond acceptors (Lipinski definition) is 2. The molecule has 0 fully saturated rings. The molecule has 0 aliphatic heterocycles. The summed E-state index contributed by atoms with van der Waals surface area (Å²) in [5.74, 6) is 1.13. The average Bonchev–Trinajstić information content (AvgIpc) is 3.43. The minimum absolute atomic E-state index is 1.05. The smallest absolute Gasteiger partial charge is 0.122 e. The minimum atomic E-state index is 1.05. The molecule has 0 atom stereocenters. The quantitative estimate of drug-likeness (QED) is 0.303. The summed E-state index contributed by atoms with van der Waals surface area (Å²) in [5, 5.41) is 3.82. The molecular weight excluding hydrogens is 374 g/mol. The monoisotopic (exact) mass is 389 g/mol. The van der Waals surface area contributed by atoms with Crippen LogP contribution in [0.3, 0.4) is 0 Å². The number of nitrogens with zero attached hydrogens (tertiary/aromatic N) is 3. The van der Waals surface area contributed by atoms with Crippen LogP contribution in [-0.4, -0.2) is 14.0 Å². The Morgan fingerprint density at radius 2 is 1.62 bits per heavy atom. The van der Waals surface area contributed by atoms with Gasteiger partial charge >= 0.3 is 0 Å². The lowest BCUT2D eigenvalue weighted by atomic mass is 10.1. The molecule has 7 aromatic rings. The van der Waals surface area contributed by atoms with E-state index >= 15 is 0 Å². The minimum Gasteiger partial charge on any atom is -0.303 e. The average molecular weight is 389 g/mol. The predicted molar refractivity (Wildman–Crippen MR) is 122 cm³/mol. The fourth-order valence-corrected chi connectivity index (χ4v) is 5.64. The van der Waals surface area contributed by atoms with Gasteiger partial charge in [-0.1, -0.05) is 24.3 Å². The summed E-state index contributed by atoms with van der Waals surface area (Å²) in [4.78, 5) is 4.76. The third-order valence-electron chi connectivity index (χ3n) is 5.79. The van der Waals surface area contributed by atoms with E-state index in [-0.39, 0.29) is 0 Å². The van der Waals surface area contributed by atoms with E-state index in [4.69, 9.17) is 4.98 Å². The highest BCUT2D eigenvalue weighted by molar-refractivity contribution is 7.25. The number of aromatic nitrogens is 3. The standard InChI is InChI=1S/C25H15N3S/c1-2-9-22-17(7-1)18-14-19-21(15-23(18)29-22)28(20-8-5-12-26-25(19)20)24-11-10-16-6-3-4-13-27(16)24/h1-15H. The van der Waals surface area contributed by atoms with Crippen LogP contribution in [0.4, 0.5) is 0 Å². The Labute approximate surface area is 170 Å². The molecule has 0 bridgehead atoms. The third kappa shape index (κ3) is 1.99. The maximum atomic E-state index is 4.76. The van der Waals surface area contributed by atoms with Gasteiger partial charge in [-0.3, -0.25) is 9.55 Å². The zero-order valence-electron chi connectivity index (χ0n) is 15.4. The Bertz CT molecular complexity index is 1710. The molecular formula is C25H15N3S. The van der Waals surface area contributed by atoms with Crippen molar-refractivity contribution in [1.29, 1.82) is 0 Å². The molecule has 2 aromatic carbocycles. The first kappa shape index (κ1) is 15.3. The van der Waals surface area contributed by atoms with Crippen molar-refractivity contribution in [1.82, 2.24) is 14.0 Å². The van der Waals surface area contributed by atoms with Crippen LogP contribution in [-0.2, 0) is 0 Å². The fourth-order valence-electron chi connectivity index (χ4n) is 4.52. The van der Waals surface area contributed by atoms with Gasteiger partial charge in [0.25, 0.3) is 0 Å². The Kier molecular flexibility index (Phi) is 2.88. The molecule has 0 spiro atoms. The number of pyridine rings is 2. The zero-order valence-corrected chi connectivity index (χ0v) is 16.2. The molecule has 29 heavy (non-hydrogen) atoms. The summed E-state index contributed by atoms with van der Waals surface area (Å²) in [6, 6.07) is 28.1. The summed E-state index contributed by atoms with van der Waals surface area (Å²) < 4.78 is 7.21. The van der Waals surface area contributed by atoms with E-state index in [0.717, 1.165) is 16.9 Å². The van der Waals surface area contributed by atoms with Crippen LogP contribution in [0.5, 0.6) is 0 Å². The highest BCUT2D eigenvalue weighted by Gasteiger charge is 2.17. The van der Waals surface area contributed by atoms with E-state index in [1.165, 1.54) is 36.6 Å². The maximum Gasteiger partial charge on any atom is 0.122 e. The molecule has 0 aliphatic rings.